The second-order valence-electron chi connectivity index (χ2n) is 10.5. The lowest BCUT2D eigenvalue weighted by Gasteiger charge is -2.46. The number of ether oxygens (including phenoxy) is 1. The maximum Gasteiger partial charge on any atom is 0.387 e. The fraction of sp³-hybridized carbons (Fsp3) is 0.323. The van der Waals surface area contributed by atoms with Crippen LogP contribution < -0.4 is 15.4 Å². The standard InChI is InChI=1S/C31H32F4N3O2P/c1-20-37-28-10-9-24(33)18-27(28)31(41-20)12-15-38(16-13-31)14-11-26(22-5-7-23(32)8-6-22)29(39)36-19-21-3-2-4-25(17-21)40-30(34)35/h2-10,17-18,26,30,37,41H,1,11-16,19H2,(H,36,39). The van der Waals surface area contributed by atoms with Crippen molar-refractivity contribution in [1.29, 1.82) is 0 Å². The monoisotopic (exact) mass is 585 g/mol. The molecule has 0 radical (unpaired) electrons. The van der Waals surface area contributed by atoms with Gasteiger partial charge in [0.1, 0.15) is 17.4 Å². The summed E-state index contributed by atoms with van der Waals surface area (Å²) < 4.78 is 57.4. The molecule has 2 aliphatic heterocycles. The van der Waals surface area contributed by atoms with Gasteiger partial charge in [0.2, 0.25) is 5.91 Å². The molecule has 2 atom stereocenters. The molecule has 0 aliphatic carbocycles. The molecule has 0 saturated carbocycles. The highest BCUT2D eigenvalue weighted by atomic mass is 31.1. The number of fused-ring (bicyclic) bond motifs is 2. The topological polar surface area (TPSA) is 53.6 Å². The van der Waals surface area contributed by atoms with Gasteiger partial charge in [-0.25, -0.2) is 8.78 Å². The van der Waals surface area contributed by atoms with Crippen LogP contribution in [0.4, 0.5) is 23.2 Å². The van der Waals surface area contributed by atoms with Crippen LogP contribution in [0.3, 0.4) is 0 Å². The Morgan fingerprint density at radius 3 is 2.51 bits per heavy atom. The molecular formula is C31H32F4N3O2P. The summed E-state index contributed by atoms with van der Waals surface area (Å²) in [4.78, 5) is 15.7. The zero-order chi connectivity index (χ0) is 29.0. The Labute approximate surface area is 238 Å². The number of benzene rings is 3. The van der Waals surface area contributed by atoms with E-state index in [0.29, 0.717) is 32.7 Å². The molecule has 1 saturated heterocycles. The SMILES string of the molecule is C=C1Nc2ccc(F)cc2C2(CCN(CCC(C(=O)NCc3cccc(OC(F)F)c3)c3ccc(F)cc3)CC2)P1. The molecule has 3 aromatic rings. The van der Waals surface area contributed by atoms with Gasteiger partial charge in [-0.05, 0) is 98.1 Å². The molecule has 5 nitrogen and oxygen atoms in total. The van der Waals surface area contributed by atoms with Crippen LogP contribution in [-0.2, 0) is 16.5 Å². The predicted octanol–water partition coefficient (Wildman–Crippen LogP) is 6.92. The zero-order valence-electron chi connectivity index (χ0n) is 22.4. The van der Waals surface area contributed by atoms with E-state index in [1.165, 1.54) is 30.3 Å². The average molecular weight is 586 g/mol. The number of carbonyl (C=O) groups is 1. The second kappa shape index (κ2) is 12.6. The predicted molar refractivity (Wildman–Crippen MR) is 154 cm³/mol. The van der Waals surface area contributed by atoms with Gasteiger partial charge in [0.05, 0.1) is 5.92 Å². The number of amides is 1. The van der Waals surface area contributed by atoms with Crippen molar-refractivity contribution < 1.29 is 27.1 Å². The van der Waals surface area contributed by atoms with Crippen molar-refractivity contribution in [2.45, 2.75) is 43.5 Å². The van der Waals surface area contributed by atoms with Crippen LogP contribution >= 0.6 is 8.58 Å². The van der Waals surface area contributed by atoms with Gasteiger partial charge in [-0.15, -0.1) is 0 Å². The Bertz CT molecular complexity index is 1390. The molecule has 1 spiro atoms. The highest BCUT2D eigenvalue weighted by Gasteiger charge is 2.41. The smallest absolute Gasteiger partial charge is 0.387 e. The third kappa shape index (κ3) is 7.08. The van der Waals surface area contributed by atoms with Crippen molar-refractivity contribution in [1.82, 2.24) is 10.2 Å². The van der Waals surface area contributed by atoms with Crippen LogP contribution in [0.5, 0.6) is 5.75 Å². The molecule has 1 amide bonds. The first-order chi connectivity index (χ1) is 19.7. The molecule has 0 aromatic heterocycles. The molecule has 216 valence electrons. The molecular weight excluding hydrogens is 553 g/mol. The van der Waals surface area contributed by atoms with Crippen molar-refractivity contribution in [2.75, 3.05) is 25.0 Å². The molecule has 1 fully saturated rings. The number of alkyl halides is 2. The molecule has 41 heavy (non-hydrogen) atoms. The van der Waals surface area contributed by atoms with E-state index < -0.39 is 12.5 Å². The van der Waals surface area contributed by atoms with E-state index in [2.05, 4.69) is 26.8 Å². The van der Waals surface area contributed by atoms with Crippen LogP contribution in [0.1, 0.15) is 41.9 Å². The quantitative estimate of drug-likeness (QED) is 0.212. The third-order valence-corrected chi connectivity index (χ3v) is 9.47. The van der Waals surface area contributed by atoms with Gasteiger partial charge < -0.3 is 20.3 Å². The number of nitrogens with zero attached hydrogens (tertiary/aromatic N) is 1. The van der Waals surface area contributed by atoms with E-state index in [1.807, 2.05) is 0 Å². The van der Waals surface area contributed by atoms with Gasteiger partial charge in [-0.2, -0.15) is 8.78 Å². The fourth-order valence-electron chi connectivity index (χ4n) is 5.72. The number of nitrogens with one attached hydrogen (secondary N) is 2. The van der Waals surface area contributed by atoms with E-state index in [9.17, 15) is 22.4 Å². The number of likely N-dealkylation sites (tertiary alicyclic amines) is 1. The lowest BCUT2D eigenvalue weighted by atomic mass is 9.86. The largest absolute Gasteiger partial charge is 0.435 e. The zero-order valence-corrected chi connectivity index (χ0v) is 23.4. The number of halogens is 4. The Morgan fingerprint density at radius 2 is 1.78 bits per heavy atom. The Morgan fingerprint density at radius 1 is 1.05 bits per heavy atom. The van der Waals surface area contributed by atoms with E-state index in [0.717, 1.165) is 42.6 Å². The lowest BCUT2D eigenvalue weighted by Crippen LogP contribution is -2.43. The first-order valence-electron chi connectivity index (χ1n) is 13.5. The highest BCUT2D eigenvalue weighted by molar-refractivity contribution is 7.44. The normalized spacial score (nSPS) is 17.7. The second-order valence-corrected chi connectivity index (χ2v) is 12.3. The van der Waals surface area contributed by atoms with Crippen LogP contribution in [0.15, 0.2) is 78.7 Å². The van der Waals surface area contributed by atoms with Gasteiger partial charge >= 0.3 is 6.61 Å². The maximum absolute atomic E-state index is 14.2. The minimum atomic E-state index is -2.93. The van der Waals surface area contributed by atoms with Gasteiger partial charge in [0.25, 0.3) is 0 Å². The van der Waals surface area contributed by atoms with Gasteiger partial charge in [-0.1, -0.05) is 39.4 Å². The van der Waals surface area contributed by atoms with Crippen molar-refractivity contribution in [2.24, 2.45) is 0 Å². The summed E-state index contributed by atoms with van der Waals surface area (Å²) in [6, 6.07) is 17.0. The maximum atomic E-state index is 14.2. The molecule has 2 heterocycles. The fourth-order valence-corrected chi connectivity index (χ4v) is 7.31. The molecule has 5 rings (SSSR count). The van der Waals surface area contributed by atoms with Crippen molar-refractivity contribution in [3.63, 3.8) is 0 Å². The van der Waals surface area contributed by atoms with E-state index in [4.69, 9.17) is 0 Å². The number of rotatable bonds is 9. The summed E-state index contributed by atoms with van der Waals surface area (Å²) in [6.45, 7) is 3.61. The molecule has 10 heteroatoms. The average Bonchev–Trinajstić information content (AvgIpc) is 2.94. The van der Waals surface area contributed by atoms with Crippen LogP contribution in [0.2, 0.25) is 0 Å². The molecule has 2 unspecified atom stereocenters. The number of hydrogen-bond donors (Lipinski definition) is 2. The molecule has 2 N–H and O–H groups in total. The number of carbonyl (C=O) groups excluding carboxylic acids is 1. The van der Waals surface area contributed by atoms with Gasteiger partial charge in [-0.3, -0.25) is 4.79 Å². The first-order valence-corrected chi connectivity index (χ1v) is 14.5. The molecule has 3 aromatic carbocycles. The van der Waals surface area contributed by atoms with Crippen LogP contribution in [0.25, 0.3) is 0 Å². The highest BCUT2D eigenvalue weighted by Crippen LogP contribution is 2.58. The van der Waals surface area contributed by atoms with Crippen molar-refractivity contribution in [3.8, 4) is 5.75 Å². The number of anilines is 1. The number of hydrogen-bond acceptors (Lipinski definition) is 4. The summed E-state index contributed by atoms with van der Waals surface area (Å²) in [5, 5.41) is 6.06. The minimum Gasteiger partial charge on any atom is -0.435 e. The van der Waals surface area contributed by atoms with Crippen LogP contribution in [-0.4, -0.2) is 37.1 Å². The van der Waals surface area contributed by atoms with Gasteiger partial charge in [0, 0.05) is 22.8 Å². The van der Waals surface area contributed by atoms with Gasteiger partial charge in [0.15, 0.2) is 0 Å². The summed E-state index contributed by atoms with van der Waals surface area (Å²) in [5.41, 5.74) is 4.21. The summed E-state index contributed by atoms with van der Waals surface area (Å²) in [7, 11) is 0.452. The van der Waals surface area contributed by atoms with Crippen molar-refractivity contribution in [3.05, 3.63) is 107 Å². The van der Waals surface area contributed by atoms with E-state index in [-0.39, 0.29) is 35.0 Å². The van der Waals surface area contributed by atoms with E-state index in [1.54, 1.807) is 36.4 Å². The van der Waals surface area contributed by atoms with Crippen LogP contribution in [0, 0.1) is 11.6 Å². The van der Waals surface area contributed by atoms with E-state index >= 15 is 0 Å². The molecule has 2 aliphatic rings. The Balaban J connectivity index is 1.24. The minimum absolute atomic E-state index is 0.0213. The Hall–Kier alpha value is -3.42. The summed E-state index contributed by atoms with van der Waals surface area (Å²) in [6.07, 6.45) is 2.22. The Kier molecular flexibility index (Phi) is 8.95. The molecule has 0 bridgehead atoms. The third-order valence-electron chi connectivity index (χ3n) is 7.80. The first kappa shape index (κ1) is 29.1. The number of piperidine rings is 1. The summed E-state index contributed by atoms with van der Waals surface area (Å²) in [5.74, 6) is -1.36. The summed E-state index contributed by atoms with van der Waals surface area (Å²) >= 11 is 0. The lowest BCUT2D eigenvalue weighted by molar-refractivity contribution is -0.123. The van der Waals surface area contributed by atoms with Crippen molar-refractivity contribution >= 4 is 20.2 Å².